The minimum Gasteiger partial charge on any atom is -0.479 e. The van der Waals surface area contributed by atoms with E-state index >= 15 is 0 Å². The molecule has 0 spiro atoms. The van der Waals surface area contributed by atoms with Gasteiger partial charge in [0.25, 0.3) is 0 Å². The lowest BCUT2D eigenvalue weighted by Gasteiger charge is -2.38. The van der Waals surface area contributed by atoms with Gasteiger partial charge in [-0.1, -0.05) is 12.1 Å². The molecule has 1 saturated heterocycles. The van der Waals surface area contributed by atoms with Gasteiger partial charge in [0.15, 0.2) is 17.7 Å². The molecule has 5 atom stereocenters. The second-order valence-corrected chi connectivity index (χ2v) is 6.05. The maximum absolute atomic E-state index is 12.3. The number of allylic oxidation sites excluding steroid dienone is 2. The molecule has 138 valence electrons. The molecule has 0 bridgehead atoms. The van der Waals surface area contributed by atoms with Gasteiger partial charge in [0, 0.05) is 11.1 Å². The maximum Gasteiger partial charge on any atom is 0.335 e. The van der Waals surface area contributed by atoms with Crippen molar-refractivity contribution < 1.29 is 44.3 Å². The van der Waals surface area contributed by atoms with Crippen LogP contribution in [-0.4, -0.2) is 68.7 Å². The van der Waals surface area contributed by atoms with E-state index in [1.807, 2.05) is 0 Å². The fourth-order valence-corrected chi connectivity index (χ4v) is 2.89. The summed E-state index contributed by atoms with van der Waals surface area (Å²) in [5, 5.41) is 38.6. The van der Waals surface area contributed by atoms with E-state index in [2.05, 4.69) is 0 Å². The average Bonchev–Trinajstić information content (AvgIpc) is 2.59. The summed E-state index contributed by atoms with van der Waals surface area (Å²) in [5.74, 6) is -2.53. The van der Waals surface area contributed by atoms with Gasteiger partial charge in [-0.2, -0.15) is 0 Å². The summed E-state index contributed by atoms with van der Waals surface area (Å²) in [4.78, 5) is 35.6. The quantitative estimate of drug-likeness (QED) is 0.545. The van der Waals surface area contributed by atoms with Crippen LogP contribution in [-0.2, 0) is 9.53 Å². The molecule has 1 aromatic rings. The molecule has 1 aliphatic heterocycles. The molecule has 0 saturated carbocycles. The molecule has 1 aliphatic carbocycles. The maximum atomic E-state index is 12.3. The number of carboxylic acid groups (broad SMARTS) is 1. The largest absolute Gasteiger partial charge is 0.479 e. The molecule has 1 fully saturated rings. The predicted octanol–water partition coefficient (Wildman–Crippen LogP) is -0.717. The van der Waals surface area contributed by atoms with E-state index in [1.54, 1.807) is 0 Å². The van der Waals surface area contributed by atoms with Gasteiger partial charge in [-0.15, -0.1) is 0 Å². The molecule has 0 amide bonds. The number of aliphatic hydroxyl groups excluding tert-OH is 3. The van der Waals surface area contributed by atoms with Crippen molar-refractivity contribution in [2.45, 2.75) is 37.6 Å². The van der Waals surface area contributed by atoms with Crippen LogP contribution in [0.5, 0.6) is 5.75 Å². The van der Waals surface area contributed by atoms with Gasteiger partial charge in [0.05, 0.1) is 5.56 Å². The zero-order valence-electron chi connectivity index (χ0n) is 13.5. The Labute approximate surface area is 147 Å². The number of fused-ring (bicyclic) bond motifs is 1. The van der Waals surface area contributed by atoms with Gasteiger partial charge < -0.3 is 29.9 Å². The monoisotopic (exact) mass is 364 g/mol. The van der Waals surface area contributed by atoms with Crippen molar-refractivity contribution in [3.63, 3.8) is 0 Å². The summed E-state index contributed by atoms with van der Waals surface area (Å²) in [7, 11) is 0. The summed E-state index contributed by atoms with van der Waals surface area (Å²) >= 11 is 0. The van der Waals surface area contributed by atoms with Gasteiger partial charge >= 0.3 is 5.97 Å². The van der Waals surface area contributed by atoms with Gasteiger partial charge in [-0.3, -0.25) is 9.59 Å². The first-order valence-corrected chi connectivity index (χ1v) is 7.72. The Morgan fingerprint density at radius 2 is 1.81 bits per heavy atom. The number of hydrogen-bond donors (Lipinski definition) is 4. The molecule has 0 aromatic heterocycles. The van der Waals surface area contributed by atoms with Gasteiger partial charge in [0.2, 0.25) is 6.29 Å². The number of Topliss-reactive ketones (excluding diaryl/α,β-unsaturated/α-hetero) is 1. The van der Waals surface area contributed by atoms with Crippen molar-refractivity contribution in [3.05, 3.63) is 41.0 Å². The Bertz CT molecular complexity index is 812. The Hall–Kier alpha value is -2.59. The van der Waals surface area contributed by atoms with E-state index in [0.717, 1.165) is 6.08 Å². The van der Waals surface area contributed by atoms with Crippen LogP contribution in [0.15, 0.2) is 29.8 Å². The van der Waals surface area contributed by atoms with Gasteiger partial charge in [-0.25, -0.2) is 4.79 Å². The van der Waals surface area contributed by atoms with Crippen LogP contribution in [0.3, 0.4) is 0 Å². The van der Waals surface area contributed by atoms with E-state index < -0.39 is 42.5 Å². The Morgan fingerprint density at radius 1 is 1.12 bits per heavy atom. The van der Waals surface area contributed by atoms with Crippen LogP contribution in [0.2, 0.25) is 0 Å². The first kappa shape index (κ1) is 18.2. The SMILES string of the molecule is CC1=CC(=O)c2c(OC3OC(C(=O)O)C(O)C(O)C3O)cccc2C1=O. The second kappa shape index (κ2) is 6.61. The molecule has 5 unspecified atom stereocenters. The van der Waals surface area contributed by atoms with Crippen molar-refractivity contribution in [2.75, 3.05) is 0 Å². The lowest BCUT2D eigenvalue weighted by atomic mass is 9.89. The van der Waals surface area contributed by atoms with Crippen molar-refractivity contribution in [1.29, 1.82) is 0 Å². The lowest BCUT2D eigenvalue weighted by molar-refractivity contribution is -0.271. The molecule has 9 heteroatoms. The van der Waals surface area contributed by atoms with Crippen LogP contribution < -0.4 is 4.74 Å². The summed E-state index contributed by atoms with van der Waals surface area (Å²) < 4.78 is 10.4. The number of benzene rings is 1. The number of carboxylic acids is 1. The van der Waals surface area contributed by atoms with Crippen molar-refractivity contribution in [1.82, 2.24) is 0 Å². The molecular formula is C17H16O9. The smallest absolute Gasteiger partial charge is 0.335 e. The fraction of sp³-hybridized carbons (Fsp3) is 0.353. The predicted molar refractivity (Wildman–Crippen MR) is 83.8 cm³/mol. The Morgan fingerprint density at radius 3 is 2.46 bits per heavy atom. The van der Waals surface area contributed by atoms with Crippen molar-refractivity contribution >= 4 is 17.5 Å². The van der Waals surface area contributed by atoms with Gasteiger partial charge in [-0.05, 0) is 19.1 Å². The number of ether oxygens (including phenoxy) is 2. The first-order chi connectivity index (χ1) is 12.2. The number of carbonyl (C=O) groups is 3. The molecule has 1 heterocycles. The van der Waals surface area contributed by atoms with Crippen LogP contribution in [0, 0.1) is 0 Å². The average molecular weight is 364 g/mol. The molecule has 9 nitrogen and oxygen atoms in total. The highest BCUT2D eigenvalue weighted by molar-refractivity contribution is 6.25. The van der Waals surface area contributed by atoms with Crippen LogP contribution in [0.1, 0.15) is 27.6 Å². The molecule has 0 radical (unpaired) electrons. The number of aliphatic carboxylic acids is 1. The number of carbonyl (C=O) groups excluding carboxylic acids is 2. The molecule has 4 N–H and O–H groups in total. The van der Waals surface area contributed by atoms with E-state index in [4.69, 9.17) is 14.6 Å². The summed E-state index contributed by atoms with van der Waals surface area (Å²) in [5.41, 5.74) is 0.317. The van der Waals surface area contributed by atoms with Crippen molar-refractivity contribution in [2.24, 2.45) is 0 Å². The minimum atomic E-state index is -1.86. The molecule has 3 rings (SSSR count). The molecule has 2 aliphatic rings. The molecule has 26 heavy (non-hydrogen) atoms. The standard InChI is InChI=1S/C17H16O9/c1-6-5-8(18)10-7(11(6)19)3-2-4-9(10)25-17-14(22)12(20)13(21)15(26-17)16(23)24/h2-5,12-15,17,20-22H,1H3,(H,23,24). The zero-order chi connectivity index (χ0) is 19.2. The highest BCUT2D eigenvalue weighted by Gasteiger charge is 2.48. The summed E-state index contributed by atoms with van der Waals surface area (Å²) in [6.07, 6.45) is -7.83. The summed E-state index contributed by atoms with van der Waals surface area (Å²) in [6.45, 7) is 1.50. The van der Waals surface area contributed by atoms with Crippen LogP contribution >= 0.6 is 0 Å². The zero-order valence-corrected chi connectivity index (χ0v) is 13.5. The second-order valence-electron chi connectivity index (χ2n) is 6.05. The third kappa shape index (κ3) is 2.90. The topological polar surface area (TPSA) is 151 Å². The first-order valence-electron chi connectivity index (χ1n) is 7.72. The lowest BCUT2D eigenvalue weighted by Crippen LogP contribution is -2.61. The number of hydrogen-bond acceptors (Lipinski definition) is 8. The van der Waals surface area contributed by atoms with Gasteiger partial charge in [0.1, 0.15) is 24.1 Å². The fourth-order valence-electron chi connectivity index (χ4n) is 2.89. The third-order valence-corrected chi connectivity index (χ3v) is 4.28. The Kier molecular flexibility index (Phi) is 4.63. The normalized spacial score (nSPS) is 31.2. The highest BCUT2D eigenvalue weighted by Crippen LogP contribution is 2.32. The number of rotatable bonds is 3. The minimum absolute atomic E-state index is 0.0496. The number of aliphatic hydroxyl groups is 3. The van der Waals surface area contributed by atoms with Crippen LogP contribution in [0.4, 0.5) is 0 Å². The van der Waals surface area contributed by atoms with E-state index in [-0.39, 0.29) is 28.2 Å². The van der Waals surface area contributed by atoms with Crippen LogP contribution in [0.25, 0.3) is 0 Å². The molecule has 1 aromatic carbocycles. The van der Waals surface area contributed by atoms with E-state index in [0.29, 0.717) is 0 Å². The Balaban J connectivity index is 1.94. The number of ketones is 2. The van der Waals surface area contributed by atoms with E-state index in [1.165, 1.54) is 25.1 Å². The van der Waals surface area contributed by atoms with E-state index in [9.17, 15) is 29.7 Å². The van der Waals surface area contributed by atoms with Crippen molar-refractivity contribution in [3.8, 4) is 5.75 Å². The third-order valence-electron chi connectivity index (χ3n) is 4.28. The summed E-state index contributed by atoms with van der Waals surface area (Å²) in [6, 6.07) is 4.24. The molecular weight excluding hydrogens is 348 g/mol. The highest BCUT2D eigenvalue weighted by atomic mass is 16.7.